The highest BCUT2D eigenvalue weighted by atomic mass is 15.4. The quantitative estimate of drug-likeness (QED) is 0.729. The third-order valence-electron chi connectivity index (χ3n) is 5.61. The highest BCUT2D eigenvalue weighted by molar-refractivity contribution is 5.81. The van der Waals surface area contributed by atoms with Crippen LogP contribution in [0, 0.1) is 13.8 Å². The van der Waals surface area contributed by atoms with E-state index in [1.165, 1.54) is 59.7 Å². The molecule has 1 fully saturated rings. The molecule has 132 valence electrons. The van der Waals surface area contributed by atoms with Crippen molar-refractivity contribution in [3.05, 3.63) is 65.4 Å². The van der Waals surface area contributed by atoms with Gasteiger partial charge in [-0.25, -0.2) is 4.68 Å². The summed E-state index contributed by atoms with van der Waals surface area (Å²) >= 11 is 0. The maximum absolute atomic E-state index is 4.78. The first-order chi connectivity index (χ1) is 12.7. The number of rotatable bonds is 2. The van der Waals surface area contributed by atoms with E-state index in [-0.39, 0.29) is 6.17 Å². The molecule has 1 N–H and O–H groups in total. The number of nitrogens with zero attached hydrogens (tertiary/aromatic N) is 3. The fraction of sp³-hybridized carbons (Fsp3) is 0.318. The van der Waals surface area contributed by atoms with E-state index in [9.17, 15) is 0 Å². The summed E-state index contributed by atoms with van der Waals surface area (Å²) in [4.78, 5) is 2.47. The Hall–Kier alpha value is -2.75. The zero-order valence-corrected chi connectivity index (χ0v) is 15.4. The molecule has 3 heterocycles. The molecule has 0 saturated carbocycles. The highest BCUT2D eigenvalue weighted by Crippen LogP contribution is 2.40. The lowest BCUT2D eigenvalue weighted by Gasteiger charge is -2.30. The van der Waals surface area contributed by atoms with E-state index >= 15 is 0 Å². The molecule has 0 aliphatic carbocycles. The first-order valence-electron chi connectivity index (χ1n) is 9.48. The topological polar surface area (TPSA) is 33.1 Å². The fourth-order valence-corrected chi connectivity index (χ4v) is 4.25. The van der Waals surface area contributed by atoms with E-state index in [4.69, 9.17) is 5.10 Å². The lowest BCUT2D eigenvalue weighted by atomic mass is 10.0. The molecule has 2 aromatic carbocycles. The lowest BCUT2D eigenvalue weighted by Crippen LogP contribution is -2.26. The molecule has 3 aromatic rings. The normalized spacial score (nSPS) is 18.4. The number of aromatic nitrogens is 2. The molecule has 4 nitrogen and oxygen atoms in total. The second-order valence-corrected chi connectivity index (χ2v) is 7.45. The number of nitrogens with one attached hydrogen (secondary N) is 1. The van der Waals surface area contributed by atoms with Crippen LogP contribution >= 0.6 is 0 Å². The van der Waals surface area contributed by atoms with Crippen LogP contribution in [0.4, 0.5) is 11.4 Å². The van der Waals surface area contributed by atoms with Gasteiger partial charge in [0.1, 0.15) is 6.17 Å². The van der Waals surface area contributed by atoms with Crippen LogP contribution < -0.4 is 10.2 Å². The van der Waals surface area contributed by atoms with Gasteiger partial charge < -0.3 is 10.2 Å². The minimum atomic E-state index is 0.0277. The van der Waals surface area contributed by atoms with Crippen molar-refractivity contribution in [3.8, 4) is 11.3 Å². The summed E-state index contributed by atoms with van der Waals surface area (Å²) < 4.78 is 2.13. The van der Waals surface area contributed by atoms with Crippen LogP contribution in [0.15, 0.2) is 48.5 Å². The average molecular weight is 344 g/mol. The predicted molar refractivity (Wildman–Crippen MR) is 107 cm³/mol. The van der Waals surface area contributed by atoms with E-state index in [1.54, 1.807) is 0 Å². The maximum atomic E-state index is 4.78. The van der Waals surface area contributed by atoms with Gasteiger partial charge >= 0.3 is 0 Å². The summed E-state index contributed by atoms with van der Waals surface area (Å²) in [5.74, 6) is 0. The Morgan fingerprint density at radius 1 is 1.00 bits per heavy atom. The molecule has 1 saturated heterocycles. The molecule has 0 amide bonds. The van der Waals surface area contributed by atoms with E-state index in [0.29, 0.717) is 0 Å². The Morgan fingerprint density at radius 2 is 1.77 bits per heavy atom. The SMILES string of the molecule is Cc1cc2n(n1)[C@@H](c1ccc(N3CCCC3)cc1)Nc1c(C)cccc1-2. The molecule has 0 bridgehead atoms. The van der Waals surface area contributed by atoms with Gasteiger partial charge in [-0.1, -0.05) is 30.3 Å². The van der Waals surface area contributed by atoms with Gasteiger partial charge in [0.05, 0.1) is 11.4 Å². The van der Waals surface area contributed by atoms with Crippen molar-refractivity contribution >= 4 is 11.4 Å². The monoisotopic (exact) mass is 344 g/mol. The summed E-state index contributed by atoms with van der Waals surface area (Å²) in [5.41, 5.74) is 8.53. The molecular weight excluding hydrogens is 320 g/mol. The molecule has 0 radical (unpaired) electrons. The largest absolute Gasteiger partial charge is 0.372 e. The van der Waals surface area contributed by atoms with Crippen LogP contribution in [-0.2, 0) is 0 Å². The molecule has 5 rings (SSSR count). The zero-order chi connectivity index (χ0) is 17.7. The third-order valence-corrected chi connectivity index (χ3v) is 5.61. The lowest BCUT2D eigenvalue weighted by molar-refractivity contribution is 0.570. The van der Waals surface area contributed by atoms with E-state index in [0.717, 1.165) is 5.69 Å². The zero-order valence-electron chi connectivity index (χ0n) is 15.4. The average Bonchev–Trinajstić information content (AvgIpc) is 3.31. The molecule has 1 atom stereocenters. The Balaban J connectivity index is 1.56. The smallest absolute Gasteiger partial charge is 0.147 e. The standard InChI is InChI=1S/C22H24N4/c1-15-6-5-7-19-20-14-16(2)24-26(20)22(23-21(15)19)17-8-10-18(11-9-17)25-12-3-4-13-25/h5-11,14,22-23H,3-4,12-13H2,1-2H3/t22-/m0/s1. The first kappa shape index (κ1) is 15.5. The molecular formula is C22H24N4. The van der Waals surface area contributed by atoms with E-state index in [2.05, 4.69) is 77.3 Å². The predicted octanol–water partition coefficient (Wildman–Crippen LogP) is 4.74. The molecule has 2 aliphatic rings. The number of fused-ring (bicyclic) bond motifs is 3. The van der Waals surface area contributed by atoms with Crippen LogP contribution in [-0.4, -0.2) is 22.9 Å². The van der Waals surface area contributed by atoms with Crippen LogP contribution in [0.25, 0.3) is 11.3 Å². The summed E-state index contributed by atoms with van der Waals surface area (Å²) in [6, 6.07) is 17.6. The van der Waals surface area contributed by atoms with Crippen LogP contribution in [0.5, 0.6) is 0 Å². The van der Waals surface area contributed by atoms with Crippen molar-refractivity contribution in [3.63, 3.8) is 0 Å². The molecule has 2 aliphatic heterocycles. The summed E-state index contributed by atoms with van der Waals surface area (Å²) in [6.45, 7) is 6.58. The van der Waals surface area contributed by atoms with Gasteiger partial charge in [-0.15, -0.1) is 0 Å². The number of hydrogen-bond donors (Lipinski definition) is 1. The third kappa shape index (κ3) is 2.40. The maximum Gasteiger partial charge on any atom is 0.147 e. The Bertz CT molecular complexity index is 949. The van der Waals surface area contributed by atoms with E-state index in [1.807, 2.05) is 0 Å². The van der Waals surface area contributed by atoms with Crippen LogP contribution in [0.2, 0.25) is 0 Å². The van der Waals surface area contributed by atoms with Gasteiger partial charge in [-0.2, -0.15) is 5.10 Å². The van der Waals surface area contributed by atoms with Crippen LogP contribution in [0.3, 0.4) is 0 Å². The Kier molecular flexibility index (Phi) is 3.52. The van der Waals surface area contributed by atoms with Crippen LogP contribution in [0.1, 0.15) is 35.8 Å². The van der Waals surface area contributed by atoms with E-state index < -0.39 is 0 Å². The highest BCUT2D eigenvalue weighted by Gasteiger charge is 2.27. The Labute approximate surface area is 154 Å². The van der Waals surface area contributed by atoms with Crippen molar-refractivity contribution < 1.29 is 0 Å². The van der Waals surface area contributed by atoms with Gasteiger partial charge in [0.2, 0.25) is 0 Å². The fourth-order valence-electron chi connectivity index (χ4n) is 4.25. The number of benzene rings is 2. The summed E-state index contributed by atoms with van der Waals surface area (Å²) in [6.07, 6.45) is 2.63. The molecule has 1 aromatic heterocycles. The summed E-state index contributed by atoms with van der Waals surface area (Å²) in [7, 11) is 0. The van der Waals surface area contributed by atoms with Crippen molar-refractivity contribution in [2.24, 2.45) is 0 Å². The molecule has 26 heavy (non-hydrogen) atoms. The Morgan fingerprint density at radius 3 is 2.54 bits per heavy atom. The number of para-hydroxylation sites is 1. The van der Waals surface area contributed by atoms with Gasteiger partial charge in [-0.3, -0.25) is 0 Å². The number of aryl methyl sites for hydroxylation is 2. The first-order valence-corrected chi connectivity index (χ1v) is 9.48. The second kappa shape index (κ2) is 5.90. The minimum absolute atomic E-state index is 0.0277. The molecule has 0 spiro atoms. The second-order valence-electron chi connectivity index (χ2n) is 7.45. The molecule has 4 heteroatoms. The van der Waals surface area contributed by atoms with Crippen molar-refractivity contribution in [2.75, 3.05) is 23.3 Å². The van der Waals surface area contributed by atoms with Crippen molar-refractivity contribution in [1.29, 1.82) is 0 Å². The van der Waals surface area contributed by atoms with Gasteiger partial charge in [0.25, 0.3) is 0 Å². The minimum Gasteiger partial charge on any atom is -0.372 e. The molecule has 0 unspecified atom stereocenters. The number of anilines is 2. The van der Waals surface area contributed by atoms with Crippen molar-refractivity contribution in [1.82, 2.24) is 9.78 Å². The van der Waals surface area contributed by atoms with Gasteiger partial charge in [0, 0.05) is 30.0 Å². The van der Waals surface area contributed by atoms with Gasteiger partial charge in [-0.05, 0) is 56.0 Å². The van der Waals surface area contributed by atoms with Crippen molar-refractivity contribution in [2.45, 2.75) is 32.9 Å². The number of hydrogen-bond acceptors (Lipinski definition) is 3. The summed E-state index contributed by atoms with van der Waals surface area (Å²) in [5, 5.41) is 8.51. The van der Waals surface area contributed by atoms with Gasteiger partial charge in [0.15, 0.2) is 0 Å².